The molecular formula is C19H19ClF3N3O3S. The summed E-state index contributed by atoms with van der Waals surface area (Å²) in [4.78, 5) is 20.8. The second-order valence-electron chi connectivity index (χ2n) is 6.58. The van der Waals surface area contributed by atoms with Crippen molar-refractivity contribution in [2.45, 2.75) is 29.2 Å². The van der Waals surface area contributed by atoms with Crippen LogP contribution in [0.2, 0.25) is 5.02 Å². The summed E-state index contributed by atoms with van der Waals surface area (Å²) in [5.74, 6) is -0.583. The van der Waals surface area contributed by atoms with Crippen molar-refractivity contribution in [1.29, 1.82) is 0 Å². The number of halogens is 4. The number of aromatic nitrogens is 1. The van der Waals surface area contributed by atoms with Gasteiger partial charge in [-0.2, -0.15) is 13.2 Å². The number of amides is 1. The van der Waals surface area contributed by atoms with Gasteiger partial charge in [-0.1, -0.05) is 29.8 Å². The van der Waals surface area contributed by atoms with Gasteiger partial charge in [0.25, 0.3) is 0 Å². The number of nitrogens with zero attached hydrogens (tertiary/aromatic N) is 3. The normalized spacial score (nSPS) is 13.4. The molecule has 11 heteroatoms. The minimum Gasteiger partial charge on any atom is -0.369 e. The molecular weight excluding hydrogens is 443 g/mol. The Balaban J connectivity index is 2.45. The van der Waals surface area contributed by atoms with Crippen LogP contribution in [0.5, 0.6) is 0 Å². The number of hydrogen-bond acceptors (Lipinski definition) is 4. The molecule has 0 fully saturated rings. The first-order valence-corrected chi connectivity index (χ1v) is 10.6. The Morgan fingerprint density at radius 3 is 2.43 bits per heavy atom. The first-order valence-electron chi connectivity index (χ1n) is 8.68. The fraction of sp³-hybridized carbons (Fsp3) is 0.316. The van der Waals surface area contributed by atoms with Crippen LogP contribution >= 0.6 is 11.6 Å². The zero-order valence-electron chi connectivity index (χ0n) is 16.1. The first-order chi connectivity index (χ1) is 13.9. The molecule has 2 aromatic rings. The molecule has 1 atom stereocenters. The third-order valence-electron chi connectivity index (χ3n) is 4.00. The van der Waals surface area contributed by atoms with Crippen LogP contribution in [-0.4, -0.2) is 44.6 Å². The monoisotopic (exact) mass is 461 g/mol. The van der Waals surface area contributed by atoms with Gasteiger partial charge in [0.2, 0.25) is 5.91 Å². The highest BCUT2D eigenvalue weighted by Gasteiger charge is 2.35. The molecule has 30 heavy (non-hydrogen) atoms. The number of pyridine rings is 1. The molecule has 1 unspecified atom stereocenters. The number of sulfone groups is 1. The Bertz CT molecular complexity index is 1030. The van der Waals surface area contributed by atoms with Crippen molar-refractivity contribution in [3.63, 3.8) is 0 Å². The molecule has 0 aliphatic carbocycles. The Labute approximate surface area is 177 Å². The quantitative estimate of drug-likeness (QED) is 0.457. The number of carbonyl (C=O) groups is 1. The summed E-state index contributed by atoms with van der Waals surface area (Å²) in [7, 11) is -0.778. The van der Waals surface area contributed by atoms with E-state index in [2.05, 4.69) is 9.98 Å². The van der Waals surface area contributed by atoms with Crippen molar-refractivity contribution in [1.82, 2.24) is 9.88 Å². The summed E-state index contributed by atoms with van der Waals surface area (Å²) in [6.45, 7) is 0. The SMILES string of the molecule is CN(C)C=NC(=O)CCC(c1ncc(C(F)(F)F)cc1Cl)S(=O)(=O)c1ccccc1. The van der Waals surface area contributed by atoms with E-state index in [9.17, 15) is 26.4 Å². The molecule has 1 aromatic heterocycles. The van der Waals surface area contributed by atoms with E-state index < -0.39 is 37.8 Å². The number of benzene rings is 1. The Morgan fingerprint density at radius 1 is 1.27 bits per heavy atom. The van der Waals surface area contributed by atoms with Gasteiger partial charge in [-0.25, -0.2) is 13.4 Å². The van der Waals surface area contributed by atoms with E-state index in [1.54, 1.807) is 20.2 Å². The van der Waals surface area contributed by atoms with Gasteiger partial charge in [0, 0.05) is 26.7 Å². The summed E-state index contributed by atoms with van der Waals surface area (Å²) in [6.07, 6.45) is -3.40. The zero-order chi connectivity index (χ0) is 22.5. The molecule has 162 valence electrons. The molecule has 2 rings (SSSR count). The van der Waals surface area contributed by atoms with E-state index >= 15 is 0 Å². The van der Waals surface area contributed by atoms with Crippen LogP contribution in [-0.2, 0) is 20.8 Å². The third kappa shape index (κ3) is 6.02. The molecule has 0 bridgehead atoms. The maximum atomic E-state index is 13.2. The van der Waals surface area contributed by atoms with E-state index in [4.69, 9.17) is 11.6 Å². The molecule has 0 N–H and O–H groups in total. The summed E-state index contributed by atoms with van der Waals surface area (Å²) >= 11 is 5.99. The van der Waals surface area contributed by atoms with Crippen LogP contribution < -0.4 is 0 Å². The summed E-state index contributed by atoms with van der Waals surface area (Å²) in [5, 5.41) is -1.87. The summed E-state index contributed by atoms with van der Waals surface area (Å²) in [6, 6.07) is 7.98. The van der Waals surface area contributed by atoms with E-state index in [1.807, 2.05) is 0 Å². The van der Waals surface area contributed by atoms with E-state index in [-0.39, 0.29) is 23.4 Å². The molecule has 0 aliphatic heterocycles. The Morgan fingerprint density at radius 2 is 1.90 bits per heavy atom. The highest BCUT2D eigenvalue weighted by molar-refractivity contribution is 7.91. The number of hydrogen-bond donors (Lipinski definition) is 0. The summed E-state index contributed by atoms with van der Waals surface area (Å²) in [5.41, 5.74) is -1.35. The average molecular weight is 462 g/mol. The maximum absolute atomic E-state index is 13.2. The van der Waals surface area contributed by atoms with Gasteiger partial charge >= 0.3 is 6.18 Å². The predicted octanol–water partition coefficient (Wildman–Crippen LogP) is 4.17. The van der Waals surface area contributed by atoms with Crippen LogP contribution in [0.4, 0.5) is 13.2 Å². The van der Waals surface area contributed by atoms with Crippen molar-refractivity contribution in [3.8, 4) is 0 Å². The van der Waals surface area contributed by atoms with Gasteiger partial charge in [0.1, 0.15) is 5.25 Å². The van der Waals surface area contributed by atoms with Crippen molar-refractivity contribution in [2.75, 3.05) is 14.1 Å². The number of carbonyl (C=O) groups excluding carboxylic acids is 1. The van der Waals surface area contributed by atoms with Gasteiger partial charge in [0.15, 0.2) is 9.84 Å². The standard InChI is InChI=1S/C19H19ClF3N3O3S/c1-26(2)12-25-17(27)9-8-16(30(28,29)14-6-4-3-5-7-14)18-15(20)10-13(11-24-18)19(21,22)23/h3-7,10-12,16H,8-9H2,1-2H3. The van der Waals surface area contributed by atoms with Crippen LogP contribution in [0.15, 0.2) is 52.5 Å². The second-order valence-corrected chi connectivity index (χ2v) is 9.11. The number of rotatable bonds is 7. The molecule has 0 saturated heterocycles. The molecule has 1 heterocycles. The lowest BCUT2D eigenvalue weighted by molar-refractivity contribution is -0.137. The fourth-order valence-corrected chi connectivity index (χ4v) is 4.69. The van der Waals surface area contributed by atoms with Gasteiger partial charge in [0.05, 0.1) is 27.5 Å². The lowest BCUT2D eigenvalue weighted by atomic mass is 10.1. The number of alkyl halides is 3. The molecule has 0 aliphatic rings. The maximum Gasteiger partial charge on any atom is 0.417 e. The van der Waals surface area contributed by atoms with Crippen molar-refractivity contribution < 1.29 is 26.4 Å². The lowest BCUT2D eigenvalue weighted by Gasteiger charge is -2.19. The van der Waals surface area contributed by atoms with Crippen LogP contribution in [0.3, 0.4) is 0 Å². The van der Waals surface area contributed by atoms with Crippen LogP contribution in [0, 0.1) is 0 Å². The molecule has 0 radical (unpaired) electrons. The van der Waals surface area contributed by atoms with Gasteiger partial charge in [-0.05, 0) is 24.6 Å². The highest BCUT2D eigenvalue weighted by Crippen LogP contribution is 2.38. The number of aliphatic imine (C=N–C) groups is 1. The molecule has 0 spiro atoms. The van der Waals surface area contributed by atoms with E-state index in [1.165, 1.54) is 35.5 Å². The topological polar surface area (TPSA) is 79.7 Å². The largest absolute Gasteiger partial charge is 0.417 e. The van der Waals surface area contributed by atoms with Gasteiger partial charge < -0.3 is 4.90 Å². The third-order valence-corrected chi connectivity index (χ3v) is 6.44. The predicted molar refractivity (Wildman–Crippen MR) is 107 cm³/mol. The first kappa shape index (κ1) is 23.8. The van der Waals surface area contributed by atoms with E-state index in [0.717, 1.165) is 0 Å². The van der Waals surface area contributed by atoms with Gasteiger partial charge in [-0.3, -0.25) is 9.78 Å². The second kappa shape index (κ2) is 9.57. The molecule has 1 aromatic carbocycles. The Kier molecular flexibility index (Phi) is 7.59. The van der Waals surface area contributed by atoms with Crippen LogP contribution in [0.25, 0.3) is 0 Å². The Hall–Kier alpha value is -2.46. The summed E-state index contributed by atoms with van der Waals surface area (Å²) < 4.78 is 65.1. The van der Waals surface area contributed by atoms with E-state index in [0.29, 0.717) is 12.3 Å². The zero-order valence-corrected chi connectivity index (χ0v) is 17.7. The molecule has 0 saturated carbocycles. The lowest BCUT2D eigenvalue weighted by Crippen LogP contribution is -2.18. The van der Waals surface area contributed by atoms with Crippen molar-refractivity contribution >= 4 is 33.7 Å². The smallest absolute Gasteiger partial charge is 0.369 e. The minimum atomic E-state index is -4.68. The van der Waals surface area contributed by atoms with Crippen molar-refractivity contribution in [2.24, 2.45) is 4.99 Å². The molecule has 6 nitrogen and oxygen atoms in total. The fourth-order valence-electron chi connectivity index (χ4n) is 2.55. The average Bonchev–Trinajstić information content (AvgIpc) is 2.67. The van der Waals surface area contributed by atoms with Crippen molar-refractivity contribution in [3.05, 3.63) is 58.9 Å². The highest BCUT2D eigenvalue weighted by atomic mass is 35.5. The minimum absolute atomic E-state index is 0.0583. The van der Waals surface area contributed by atoms with Crippen LogP contribution in [0.1, 0.15) is 29.3 Å². The molecule has 1 amide bonds. The van der Waals surface area contributed by atoms with Gasteiger partial charge in [-0.15, -0.1) is 0 Å².